The lowest BCUT2D eigenvalue weighted by Crippen LogP contribution is -2.56. The van der Waals surface area contributed by atoms with Crippen LogP contribution in [0.15, 0.2) is 0 Å². The van der Waals surface area contributed by atoms with Gasteiger partial charge < -0.3 is 14.6 Å². The molecule has 3 aliphatic rings. The van der Waals surface area contributed by atoms with Gasteiger partial charge >= 0.3 is 0 Å². The van der Waals surface area contributed by atoms with Crippen molar-refractivity contribution in [2.45, 2.75) is 44.2 Å². The third-order valence-corrected chi connectivity index (χ3v) is 4.91. The summed E-state index contributed by atoms with van der Waals surface area (Å²) in [6.45, 7) is 4.62. The Hall–Kier alpha value is -0.160. The summed E-state index contributed by atoms with van der Waals surface area (Å²) >= 11 is 0. The molecule has 0 aromatic carbocycles. The zero-order valence-corrected chi connectivity index (χ0v) is 11.1. The van der Waals surface area contributed by atoms with Crippen molar-refractivity contribution in [3.63, 3.8) is 0 Å². The van der Waals surface area contributed by atoms with Gasteiger partial charge in [0.1, 0.15) is 0 Å². The molecule has 0 amide bonds. The normalized spacial score (nSPS) is 41.8. The summed E-state index contributed by atoms with van der Waals surface area (Å²) in [5.41, 5.74) is -0.0145. The standard InChI is InChI=1S/C14H25NO3/c16-10-14(5-7-17-11-14)9-15-6-8-18-13-4-2-1-3-12(13)15/h12-13,16H,1-11H2. The van der Waals surface area contributed by atoms with Crippen molar-refractivity contribution in [2.75, 3.05) is 39.5 Å². The minimum absolute atomic E-state index is 0.0145. The molecule has 1 aliphatic carbocycles. The van der Waals surface area contributed by atoms with Crippen molar-refractivity contribution >= 4 is 0 Å². The Morgan fingerprint density at radius 3 is 2.89 bits per heavy atom. The van der Waals surface area contributed by atoms with E-state index in [4.69, 9.17) is 9.47 Å². The quantitative estimate of drug-likeness (QED) is 0.818. The van der Waals surface area contributed by atoms with Crippen LogP contribution in [0.2, 0.25) is 0 Å². The Kier molecular flexibility index (Phi) is 3.89. The second-order valence-electron chi connectivity index (χ2n) is 6.19. The second kappa shape index (κ2) is 5.45. The van der Waals surface area contributed by atoms with E-state index >= 15 is 0 Å². The van der Waals surface area contributed by atoms with Crippen LogP contribution < -0.4 is 0 Å². The number of nitrogens with zero attached hydrogens (tertiary/aromatic N) is 1. The largest absolute Gasteiger partial charge is 0.396 e. The van der Waals surface area contributed by atoms with Crippen LogP contribution in [-0.2, 0) is 9.47 Å². The van der Waals surface area contributed by atoms with Gasteiger partial charge in [0.15, 0.2) is 0 Å². The lowest BCUT2D eigenvalue weighted by atomic mass is 9.84. The van der Waals surface area contributed by atoms with Crippen LogP contribution in [0.5, 0.6) is 0 Å². The zero-order chi connectivity index (χ0) is 12.4. The highest BCUT2D eigenvalue weighted by molar-refractivity contribution is 4.93. The van der Waals surface area contributed by atoms with Gasteiger partial charge in [-0.05, 0) is 19.3 Å². The predicted octanol–water partition coefficient (Wildman–Crippen LogP) is 1.03. The maximum Gasteiger partial charge on any atom is 0.0730 e. The summed E-state index contributed by atoms with van der Waals surface area (Å²) in [5, 5.41) is 9.71. The molecule has 2 heterocycles. The molecule has 4 nitrogen and oxygen atoms in total. The maximum atomic E-state index is 9.71. The van der Waals surface area contributed by atoms with Crippen LogP contribution in [0.1, 0.15) is 32.1 Å². The molecule has 3 atom stereocenters. The monoisotopic (exact) mass is 255 g/mol. The van der Waals surface area contributed by atoms with Crippen molar-refractivity contribution in [1.29, 1.82) is 0 Å². The highest BCUT2D eigenvalue weighted by Crippen LogP contribution is 2.34. The summed E-state index contributed by atoms with van der Waals surface area (Å²) < 4.78 is 11.4. The Bertz CT molecular complexity index is 276. The van der Waals surface area contributed by atoms with Gasteiger partial charge in [-0.3, -0.25) is 4.90 Å². The summed E-state index contributed by atoms with van der Waals surface area (Å²) in [7, 11) is 0. The number of hydrogen-bond donors (Lipinski definition) is 1. The van der Waals surface area contributed by atoms with Gasteiger partial charge in [0.05, 0.1) is 25.9 Å². The topological polar surface area (TPSA) is 41.9 Å². The van der Waals surface area contributed by atoms with Gasteiger partial charge in [0.25, 0.3) is 0 Å². The number of rotatable bonds is 3. The zero-order valence-electron chi connectivity index (χ0n) is 11.1. The summed E-state index contributed by atoms with van der Waals surface area (Å²) in [5.74, 6) is 0. The van der Waals surface area contributed by atoms with Gasteiger partial charge in [0.2, 0.25) is 0 Å². The number of ether oxygens (including phenoxy) is 2. The fourth-order valence-corrected chi connectivity index (χ4v) is 3.75. The van der Waals surface area contributed by atoms with Gasteiger partial charge in [0, 0.05) is 31.2 Å². The Balaban J connectivity index is 1.66. The van der Waals surface area contributed by atoms with Crippen LogP contribution in [0.3, 0.4) is 0 Å². The molecule has 4 heteroatoms. The molecule has 0 radical (unpaired) electrons. The molecule has 0 aromatic rings. The molecule has 1 N–H and O–H groups in total. The maximum absolute atomic E-state index is 9.71. The lowest BCUT2D eigenvalue weighted by Gasteiger charge is -2.46. The third kappa shape index (κ3) is 2.44. The Morgan fingerprint density at radius 2 is 2.11 bits per heavy atom. The molecule has 3 rings (SSSR count). The highest BCUT2D eigenvalue weighted by atomic mass is 16.5. The summed E-state index contributed by atoms with van der Waals surface area (Å²) in [4.78, 5) is 2.57. The summed E-state index contributed by atoms with van der Waals surface area (Å²) in [6, 6.07) is 0.580. The first-order valence-corrected chi connectivity index (χ1v) is 7.37. The molecule has 18 heavy (non-hydrogen) atoms. The number of hydrogen-bond acceptors (Lipinski definition) is 4. The molecular formula is C14H25NO3. The number of morpholine rings is 1. The number of fused-ring (bicyclic) bond motifs is 1. The Labute approximate surface area is 109 Å². The van der Waals surface area contributed by atoms with E-state index in [9.17, 15) is 5.11 Å². The van der Waals surface area contributed by atoms with E-state index in [1.54, 1.807) is 0 Å². The minimum atomic E-state index is -0.0145. The van der Waals surface area contributed by atoms with Gasteiger partial charge in [-0.15, -0.1) is 0 Å². The predicted molar refractivity (Wildman–Crippen MR) is 68.5 cm³/mol. The van der Waals surface area contributed by atoms with E-state index in [1.807, 2.05) is 0 Å². The second-order valence-corrected chi connectivity index (χ2v) is 6.19. The first-order chi connectivity index (χ1) is 8.83. The fourth-order valence-electron chi connectivity index (χ4n) is 3.75. The molecule has 2 saturated heterocycles. The molecule has 3 unspecified atom stereocenters. The molecule has 3 fully saturated rings. The lowest BCUT2D eigenvalue weighted by molar-refractivity contribution is -0.103. The van der Waals surface area contributed by atoms with Crippen molar-refractivity contribution < 1.29 is 14.6 Å². The minimum Gasteiger partial charge on any atom is -0.396 e. The van der Waals surface area contributed by atoms with Crippen LogP contribution >= 0.6 is 0 Å². The van der Waals surface area contributed by atoms with E-state index in [2.05, 4.69) is 4.90 Å². The molecule has 0 bridgehead atoms. The average Bonchev–Trinajstić information content (AvgIpc) is 2.88. The van der Waals surface area contributed by atoms with Crippen LogP contribution in [0.4, 0.5) is 0 Å². The van der Waals surface area contributed by atoms with Gasteiger partial charge in [-0.25, -0.2) is 0 Å². The van der Waals surface area contributed by atoms with E-state index in [0.29, 0.717) is 12.1 Å². The van der Waals surface area contributed by atoms with E-state index in [0.717, 1.165) is 39.3 Å². The molecule has 1 saturated carbocycles. The average molecular weight is 255 g/mol. The van der Waals surface area contributed by atoms with Crippen LogP contribution in [0, 0.1) is 5.41 Å². The fraction of sp³-hybridized carbons (Fsp3) is 1.00. The van der Waals surface area contributed by atoms with Crippen molar-refractivity contribution in [3.8, 4) is 0 Å². The van der Waals surface area contributed by atoms with Crippen molar-refractivity contribution in [3.05, 3.63) is 0 Å². The van der Waals surface area contributed by atoms with Gasteiger partial charge in [-0.2, -0.15) is 0 Å². The number of aliphatic hydroxyl groups excluding tert-OH is 1. The van der Waals surface area contributed by atoms with E-state index in [1.165, 1.54) is 25.7 Å². The SMILES string of the molecule is OCC1(CN2CCOC3CCCCC32)CCOC1. The van der Waals surface area contributed by atoms with Crippen molar-refractivity contribution in [2.24, 2.45) is 5.41 Å². The van der Waals surface area contributed by atoms with E-state index in [-0.39, 0.29) is 12.0 Å². The molecule has 104 valence electrons. The van der Waals surface area contributed by atoms with Gasteiger partial charge in [-0.1, -0.05) is 12.8 Å². The third-order valence-electron chi connectivity index (χ3n) is 4.91. The van der Waals surface area contributed by atoms with Crippen LogP contribution in [-0.4, -0.2) is 61.7 Å². The van der Waals surface area contributed by atoms with Crippen molar-refractivity contribution in [1.82, 2.24) is 4.90 Å². The summed E-state index contributed by atoms with van der Waals surface area (Å²) in [6.07, 6.45) is 6.53. The van der Waals surface area contributed by atoms with E-state index < -0.39 is 0 Å². The van der Waals surface area contributed by atoms with Crippen LogP contribution in [0.25, 0.3) is 0 Å². The smallest absolute Gasteiger partial charge is 0.0730 e. The molecule has 2 aliphatic heterocycles. The molecule has 0 spiro atoms. The first kappa shape index (κ1) is 12.9. The highest BCUT2D eigenvalue weighted by Gasteiger charge is 2.41. The Morgan fingerprint density at radius 1 is 1.22 bits per heavy atom. The molecular weight excluding hydrogens is 230 g/mol. The molecule has 0 aromatic heterocycles. The first-order valence-electron chi connectivity index (χ1n) is 7.37. The number of aliphatic hydroxyl groups is 1.